The second-order valence-corrected chi connectivity index (χ2v) is 9.70. The number of benzene rings is 3. The van der Waals surface area contributed by atoms with Crippen molar-refractivity contribution >= 4 is 11.9 Å². The van der Waals surface area contributed by atoms with Crippen LogP contribution < -0.4 is 4.74 Å². The van der Waals surface area contributed by atoms with Crippen molar-refractivity contribution in [1.29, 1.82) is 0 Å². The van der Waals surface area contributed by atoms with Crippen LogP contribution in [0.2, 0.25) is 0 Å². The topological polar surface area (TPSA) is 83.8 Å². The number of carbonyl (C=O) groups is 2. The van der Waals surface area contributed by atoms with E-state index in [2.05, 4.69) is 69.3 Å². The molecule has 0 amide bonds. The third kappa shape index (κ3) is 10.8. The summed E-state index contributed by atoms with van der Waals surface area (Å²) < 4.78 is 5.92. The number of ether oxygens (including phenoxy) is 1. The molecule has 5 nitrogen and oxygen atoms in total. The molecule has 1 atom stereocenters. The molecule has 0 fully saturated rings. The summed E-state index contributed by atoms with van der Waals surface area (Å²) in [5.41, 5.74) is 4.26. The van der Waals surface area contributed by atoms with Gasteiger partial charge >= 0.3 is 11.9 Å². The minimum Gasteiger partial charge on any atom is -0.494 e. The van der Waals surface area contributed by atoms with Crippen molar-refractivity contribution in [3.63, 3.8) is 0 Å². The van der Waals surface area contributed by atoms with E-state index in [1.54, 1.807) is 0 Å². The number of aromatic carboxylic acids is 2. The Morgan fingerprint density at radius 3 is 1.84 bits per heavy atom. The van der Waals surface area contributed by atoms with Gasteiger partial charge in [0.05, 0.1) is 17.7 Å². The molecule has 204 valence electrons. The van der Waals surface area contributed by atoms with Crippen LogP contribution in [0.25, 0.3) is 11.1 Å². The van der Waals surface area contributed by atoms with Crippen molar-refractivity contribution in [2.75, 3.05) is 6.61 Å². The van der Waals surface area contributed by atoms with E-state index in [-0.39, 0.29) is 11.1 Å². The van der Waals surface area contributed by atoms with Crippen LogP contribution in [0.5, 0.6) is 5.75 Å². The average Bonchev–Trinajstić information content (AvgIpc) is 2.93. The minimum atomic E-state index is -1.06. The summed E-state index contributed by atoms with van der Waals surface area (Å²) in [4.78, 5) is 20.7. The van der Waals surface area contributed by atoms with Crippen molar-refractivity contribution in [3.05, 3.63) is 89.5 Å². The summed E-state index contributed by atoms with van der Waals surface area (Å²) >= 11 is 0. The molecule has 0 saturated heterocycles. The van der Waals surface area contributed by atoms with E-state index in [1.165, 1.54) is 79.5 Å². The molecule has 38 heavy (non-hydrogen) atoms. The van der Waals surface area contributed by atoms with Crippen LogP contribution in [0.1, 0.15) is 92.0 Å². The van der Waals surface area contributed by atoms with Crippen LogP contribution in [-0.2, 0) is 6.42 Å². The first-order valence-electron chi connectivity index (χ1n) is 13.7. The number of hydrogen-bond donors (Lipinski definition) is 2. The summed E-state index contributed by atoms with van der Waals surface area (Å²) in [6.07, 6.45) is 10.2. The van der Waals surface area contributed by atoms with Crippen LogP contribution in [0.4, 0.5) is 0 Å². The van der Waals surface area contributed by atoms with Gasteiger partial charge in [0, 0.05) is 0 Å². The Morgan fingerprint density at radius 1 is 0.737 bits per heavy atom. The molecule has 0 aromatic heterocycles. The van der Waals surface area contributed by atoms with Crippen LogP contribution >= 0.6 is 0 Å². The second-order valence-electron chi connectivity index (χ2n) is 9.70. The lowest BCUT2D eigenvalue weighted by Crippen LogP contribution is -2.00. The first-order chi connectivity index (χ1) is 18.3. The van der Waals surface area contributed by atoms with E-state index in [0.717, 1.165) is 31.1 Å². The summed E-state index contributed by atoms with van der Waals surface area (Å²) in [7, 11) is 0. The smallest absolute Gasteiger partial charge is 0.335 e. The fraction of sp³-hybridized carbons (Fsp3) is 0.394. The molecule has 3 rings (SSSR count). The lowest BCUT2D eigenvalue weighted by Gasteiger charge is -2.14. The fourth-order valence-corrected chi connectivity index (χ4v) is 4.06. The van der Waals surface area contributed by atoms with Gasteiger partial charge in [0.2, 0.25) is 0 Å². The van der Waals surface area contributed by atoms with Gasteiger partial charge in [-0.15, -0.1) is 0 Å². The Hall–Kier alpha value is -3.60. The fourth-order valence-electron chi connectivity index (χ4n) is 4.06. The van der Waals surface area contributed by atoms with E-state index in [4.69, 9.17) is 14.9 Å². The summed E-state index contributed by atoms with van der Waals surface area (Å²) in [5.74, 6) is -0.420. The molecule has 0 aliphatic carbocycles. The van der Waals surface area contributed by atoms with Gasteiger partial charge in [-0.05, 0) is 71.8 Å². The Labute approximate surface area is 227 Å². The normalized spacial score (nSPS) is 11.2. The highest BCUT2D eigenvalue weighted by Gasteiger charge is 2.08. The predicted molar refractivity (Wildman–Crippen MR) is 154 cm³/mol. The van der Waals surface area contributed by atoms with E-state index in [9.17, 15) is 9.59 Å². The van der Waals surface area contributed by atoms with Crippen molar-refractivity contribution in [1.82, 2.24) is 0 Å². The third-order valence-electron chi connectivity index (χ3n) is 6.59. The Kier molecular flexibility index (Phi) is 13.7. The molecule has 0 bridgehead atoms. The van der Waals surface area contributed by atoms with Crippen LogP contribution in [0, 0.1) is 5.92 Å². The number of carboxylic acid groups (broad SMARTS) is 2. The standard InChI is InChI=1S/C25H36O.C8H6O4/c1-4-6-7-8-9-12-19-26-24-17-15-22(16-18-24)25-14-11-10-13-23(25)20-21(3)5-2;9-7(10)5-1-2-6(4-3-5)8(11)12/h10-11,13-18,21H,4-9,12,19-20H2,1-3H3;1-4H,(H,9,10)(H,11,12). The highest BCUT2D eigenvalue weighted by Crippen LogP contribution is 2.28. The van der Waals surface area contributed by atoms with E-state index < -0.39 is 11.9 Å². The number of carboxylic acids is 2. The highest BCUT2D eigenvalue weighted by atomic mass is 16.5. The molecular formula is C33H42O5. The molecule has 3 aromatic carbocycles. The van der Waals surface area contributed by atoms with E-state index in [0.29, 0.717) is 0 Å². The Bertz CT molecular complexity index is 1070. The van der Waals surface area contributed by atoms with Gasteiger partial charge in [0.25, 0.3) is 0 Å². The SMILES string of the molecule is CCCCCCCCOc1ccc(-c2ccccc2CC(C)CC)cc1.O=C(O)c1ccc(C(=O)O)cc1. The monoisotopic (exact) mass is 518 g/mol. The summed E-state index contributed by atoms with van der Waals surface area (Å²) in [6.45, 7) is 7.69. The molecule has 0 aliphatic rings. The number of unbranched alkanes of at least 4 members (excludes halogenated alkanes) is 5. The molecular weight excluding hydrogens is 476 g/mol. The van der Waals surface area contributed by atoms with Crippen LogP contribution in [0.3, 0.4) is 0 Å². The first kappa shape index (κ1) is 30.6. The van der Waals surface area contributed by atoms with Crippen LogP contribution in [0.15, 0.2) is 72.8 Å². The molecule has 0 radical (unpaired) electrons. The van der Waals surface area contributed by atoms with Gasteiger partial charge in [0.1, 0.15) is 5.75 Å². The van der Waals surface area contributed by atoms with Gasteiger partial charge < -0.3 is 14.9 Å². The summed E-state index contributed by atoms with van der Waals surface area (Å²) in [6, 6.07) is 22.5. The van der Waals surface area contributed by atoms with Crippen molar-refractivity contribution in [2.45, 2.75) is 72.1 Å². The highest BCUT2D eigenvalue weighted by molar-refractivity contribution is 5.91. The van der Waals surface area contributed by atoms with Gasteiger partial charge in [-0.1, -0.05) is 95.7 Å². The van der Waals surface area contributed by atoms with Gasteiger partial charge in [-0.25, -0.2) is 9.59 Å². The second kappa shape index (κ2) is 17.0. The lowest BCUT2D eigenvalue weighted by atomic mass is 9.92. The van der Waals surface area contributed by atoms with Crippen LogP contribution in [-0.4, -0.2) is 28.8 Å². The maximum Gasteiger partial charge on any atom is 0.335 e. The van der Waals surface area contributed by atoms with Crippen molar-refractivity contribution in [3.8, 4) is 16.9 Å². The Balaban J connectivity index is 0.000000352. The first-order valence-corrected chi connectivity index (χ1v) is 13.7. The zero-order valence-corrected chi connectivity index (χ0v) is 23.0. The molecule has 2 N–H and O–H groups in total. The Morgan fingerprint density at radius 2 is 1.29 bits per heavy atom. The number of hydrogen-bond acceptors (Lipinski definition) is 3. The van der Waals surface area contributed by atoms with E-state index in [1.807, 2.05) is 0 Å². The zero-order valence-electron chi connectivity index (χ0n) is 23.0. The molecule has 0 heterocycles. The molecule has 3 aromatic rings. The van der Waals surface area contributed by atoms with E-state index >= 15 is 0 Å². The minimum absolute atomic E-state index is 0.0833. The molecule has 5 heteroatoms. The predicted octanol–water partition coefficient (Wildman–Crippen LogP) is 8.76. The largest absolute Gasteiger partial charge is 0.494 e. The zero-order chi connectivity index (χ0) is 27.8. The molecule has 0 aliphatic heterocycles. The maximum absolute atomic E-state index is 10.3. The van der Waals surface area contributed by atoms with Gasteiger partial charge in [-0.2, -0.15) is 0 Å². The average molecular weight is 519 g/mol. The summed E-state index contributed by atoms with van der Waals surface area (Å²) in [5, 5.41) is 16.9. The quantitative estimate of drug-likeness (QED) is 0.208. The number of rotatable bonds is 14. The molecule has 0 spiro atoms. The van der Waals surface area contributed by atoms with Crippen molar-refractivity contribution in [2.24, 2.45) is 5.92 Å². The van der Waals surface area contributed by atoms with Crippen molar-refractivity contribution < 1.29 is 24.5 Å². The third-order valence-corrected chi connectivity index (χ3v) is 6.59. The lowest BCUT2D eigenvalue weighted by molar-refractivity contribution is 0.0681. The maximum atomic E-state index is 10.3. The molecule has 1 unspecified atom stereocenters. The molecule has 0 saturated carbocycles. The van der Waals surface area contributed by atoms with Gasteiger partial charge in [-0.3, -0.25) is 0 Å². The van der Waals surface area contributed by atoms with Gasteiger partial charge in [0.15, 0.2) is 0 Å².